The summed E-state index contributed by atoms with van der Waals surface area (Å²) in [6, 6.07) is -4.50. The second-order valence-electron chi connectivity index (χ2n) is 10.0. The molecular formula is C25H41N7O8. The summed E-state index contributed by atoms with van der Waals surface area (Å²) < 4.78 is 0. The fourth-order valence-corrected chi connectivity index (χ4v) is 4.70. The number of hydrogen-bond acceptors (Lipinski definition) is 9. The summed E-state index contributed by atoms with van der Waals surface area (Å²) in [6.07, 6.45) is 3.62. The fraction of sp³-hybridized carbons (Fsp3) is 0.720. The van der Waals surface area contributed by atoms with Crippen molar-refractivity contribution in [2.24, 2.45) is 5.73 Å². The molecule has 0 aromatic rings. The quantitative estimate of drug-likeness (QED) is 0.0744. The molecule has 2 fully saturated rings. The van der Waals surface area contributed by atoms with E-state index in [0.29, 0.717) is 51.4 Å². The van der Waals surface area contributed by atoms with Gasteiger partial charge in [-0.2, -0.15) is 0 Å². The van der Waals surface area contributed by atoms with Crippen molar-refractivity contribution < 1.29 is 38.7 Å². The van der Waals surface area contributed by atoms with Gasteiger partial charge in [0.25, 0.3) is 0 Å². The number of nitrogens with one attached hydrogen (secondary N) is 5. The van der Waals surface area contributed by atoms with E-state index in [1.807, 2.05) is 0 Å². The molecule has 224 valence electrons. The molecule has 5 atom stereocenters. The summed E-state index contributed by atoms with van der Waals surface area (Å²) in [5.74, 6) is -3.87. The first-order valence-electron chi connectivity index (χ1n) is 13.7. The molecule has 8 N–H and O–H groups in total. The monoisotopic (exact) mass is 567 g/mol. The average Bonchev–Trinajstić information content (AvgIpc) is 3.63. The molecule has 2 heterocycles. The Morgan fingerprint density at radius 2 is 1.80 bits per heavy atom. The van der Waals surface area contributed by atoms with Crippen LogP contribution in [0.5, 0.6) is 0 Å². The van der Waals surface area contributed by atoms with Gasteiger partial charge in [-0.05, 0) is 65.0 Å². The minimum Gasteiger partial charge on any atom is -0.481 e. The SMILES string of the molecule is C[C@H](NC(=O)[C@@H]1CCCN1C(=O)[C@H](CCCCN)NC(=O)CNC(=O)[C@@H]1CCCN1)C(=O)N[C@H](C=O)CC(=O)O. The maximum atomic E-state index is 13.5. The normalized spacial score (nSPS) is 20.6. The molecule has 15 heteroatoms. The van der Waals surface area contributed by atoms with Crippen LogP contribution in [-0.2, 0) is 33.6 Å². The van der Waals surface area contributed by atoms with Gasteiger partial charge in [0.05, 0.1) is 25.0 Å². The molecular weight excluding hydrogens is 526 g/mol. The van der Waals surface area contributed by atoms with Gasteiger partial charge < -0.3 is 47.1 Å². The van der Waals surface area contributed by atoms with Crippen molar-refractivity contribution in [1.82, 2.24) is 31.5 Å². The molecule has 40 heavy (non-hydrogen) atoms. The first kappa shape index (κ1) is 32.6. The number of nitrogens with zero attached hydrogens (tertiary/aromatic N) is 1. The van der Waals surface area contributed by atoms with Gasteiger partial charge in [-0.1, -0.05) is 0 Å². The van der Waals surface area contributed by atoms with Crippen LogP contribution in [0.4, 0.5) is 0 Å². The third kappa shape index (κ3) is 10.2. The predicted molar refractivity (Wildman–Crippen MR) is 141 cm³/mol. The Bertz CT molecular complexity index is 940. The molecule has 0 spiro atoms. The van der Waals surface area contributed by atoms with Crippen LogP contribution in [0.1, 0.15) is 58.3 Å². The topological polar surface area (TPSA) is 229 Å². The molecule has 5 amide bonds. The predicted octanol–water partition coefficient (Wildman–Crippen LogP) is -2.88. The number of unbranched alkanes of at least 4 members (excludes halogenated alkanes) is 1. The molecule has 0 aromatic heterocycles. The largest absolute Gasteiger partial charge is 0.481 e. The van der Waals surface area contributed by atoms with E-state index < -0.39 is 60.2 Å². The van der Waals surface area contributed by atoms with E-state index in [9.17, 15) is 33.6 Å². The highest BCUT2D eigenvalue weighted by Gasteiger charge is 2.38. The number of nitrogens with two attached hydrogens (primary N) is 1. The number of carboxylic acid groups (broad SMARTS) is 1. The van der Waals surface area contributed by atoms with Crippen LogP contribution in [0, 0.1) is 0 Å². The lowest BCUT2D eigenvalue weighted by Crippen LogP contribution is -2.57. The standard InChI is InChI=1S/C25H41N7O8/c1-15(22(37)30-16(14-33)12-21(35)36)29-24(39)19-8-5-11-32(19)25(40)18(6-2-3-9-26)31-20(34)13-28-23(38)17-7-4-10-27-17/h14-19,27H,2-13,26H2,1H3,(H,28,38)(H,29,39)(H,30,37)(H,31,34)(H,35,36)/t15-,16-,17-,18-,19-/m0/s1. The van der Waals surface area contributed by atoms with E-state index in [-0.39, 0.29) is 25.0 Å². The molecule has 0 aromatic carbocycles. The minimum absolute atomic E-state index is 0.274. The summed E-state index contributed by atoms with van der Waals surface area (Å²) in [4.78, 5) is 86.9. The summed E-state index contributed by atoms with van der Waals surface area (Å²) in [7, 11) is 0. The molecule has 0 bridgehead atoms. The Balaban J connectivity index is 1.98. The Kier molecular flexibility index (Phi) is 13.5. The zero-order valence-electron chi connectivity index (χ0n) is 22.8. The third-order valence-electron chi connectivity index (χ3n) is 6.86. The molecule has 0 radical (unpaired) electrons. The summed E-state index contributed by atoms with van der Waals surface area (Å²) in [5, 5.41) is 21.9. The van der Waals surface area contributed by atoms with E-state index in [0.717, 1.165) is 13.0 Å². The van der Waals surface area contributed by atoms with Crippen molar-refractivity contribution >= 4 is 41.8 Å². The number of amides is 5. The van der Waals surface area contributed by atoms with Gasteiger partial charge in [0.15, 0.2) is 0 Å². The van der Waals surface area contributed by atoms with Crippen LogP contribution in [0.3, 0.4) is 0 Å². The van der Waals surface area contributed by atoms with Crippen molar-refractivity contribution in [2.45, 2.75) is 88.5 Å². The lowest BCUT2D eigenvalue weighted by Gasteiger charge is -2.29. The molecule has 0 unspecified atom stereocenters. The lowest BCUT2D eigenvalue weighted by molar-refractivity contribution is -0.142. The van der Waals surface area contributed by atoms with Gasteiger partial charge in [-0.15, -0.1) is 0 Å². The van der Waals surface area contributed by atoms with E-state index in [2.05, 4.69) is 26.6 Å². The molecule has 0 saturated carbocycles. The third-order valence-corrected chi connectivity index (χ3v) is 6.86. The zero-order chi connectivity index (χ0) is 29.7. The average molecular weight is 568 g/mol. The highest BCUT2D eigenvalue weighted by molar-refractivity contribution is 5.95. The van der Waals surface area contributed by atoms with Crippen molar-refractivity contribution in [3.05, 3.63) is 0 Å². The lowest BCUT2D eigenvalue weighted by atomic mass is 10.1. The second-order valence-corrected chi connectivity index (χ2v) is 10.0. The van der Waals surface area contributed by atoms with Gasteiger partial charge in [-0.25, -0.2) is 0 Å². The smallest absolute Gasteiger partial charge is 0.305 e. The molecule has 0 aliphatic carbocycles. The zero-order valence-corrected chi connectivity index (χ0v) is 22.8. The molecule has 2 aliphatic heterocycles. The molecule has 2 aliphatic rings. The molecule has 2 rings (SSSR count). The molecule has 2 saturated heterocycles. The van der Waals surface area contributed by atoms with Gasteiger partial charge in [0.1, 0.15) is 24.4 Å². The Hall–Kier alpha value is -3.59. The van der Waals surface area contributed by atoms with Crippen molar-refractivity contribution in [3.63, 3.8) is 0 Å². The Morgan fingerprint density at radius 3 is 2.42 bits per heavy atom. The number of rotatable bonds is 16. The minimum atomic E-state index is -1.27. The fourth-order valence-electron chi connectivity index (χ4n) is 4.70. The number of carbonyl (C=O) groups is 7. The van der Waals surface area contributed by atoms with Crippen LogP contribution < -0.4 is 32.3 Å². The first-order valence-corrected chi connectivity index (χ1v) is 13.7. The first-order chi connectivity index (χ1) is 19.1. The number of hydrogen-bond donors (Lipinski definition) is 7. The van der Waals surface area contributed by atoms with E-state index in [1.54, 1.807) is 0 Å². The summed E-state index contributed by atoms with van der Waals surface area (Å²) in [5.41, 5.74) is 5.58. The van der Waals surface area contributed by atoms with Gasteiger partial charge in [0.2, 0.25) is 29.5 Å². The van der Waals surface area contributed by atoms with Crippen LogP contribution in [0.25, 0.3) is 0 Å². The Morgan fingerprint density at radius 1 is 1.05 bits per heavy atom. The maximum Gasteiger partial charge on any atom is 0.305 e. The highest BCUT2D eigenvalue weighted by atomic mass is 16.4. The van der Waals surface area contributed by atoms with Gasteiger partial charge in [-0.3, -0.25) is 28.8 Å². The number of carbonyl (C=O) groups excluding carboxylic acids is 6. The number of aldehydes is 1. The number of likely N-dealkylation sites (tertiary alicyclic amines) is 1. The van der Waals surface area contributed by atoms with Crippen molar-refractivity contribution in [2.75, 3.05) is 26.2 Å². The van der Waals surface area contributed by atoms with E-state index >= 15 is 0 Å². The van der Waals surface area contributed by atoms with Gasteiger partial charge in [0, 0.05) is 6.54 Å². The maximum absolute atomic E-state index is 13.5. The Labute approximate surface area is 232 Å². The summed E-state index contributed by atoms with van der Waals surface area (Å²) in [6.45, 7) is 2.50. The summed E-state index contributed by atoms with van der Waals surface area (Å²) >= 11 is 0. The van der Waals surface area contributed by atoms with E-state index in [4.69, 9.17) is 10.8 Å². The molecule has 15 nitrogen and oxygen atoms in total. The highest BCUT2D eigenvalue weighted by Crippen LogP contribution is 2.20. The van der Waals surface area contributed by atoms with Crippen LogP contribution >= 0.6 is 0 Å². The van der Waals surface area contributed by atoms with E-state index in [1.165, 1.54) is 11.8 Å². The van der Waals surface area contributed by atoms with Crippen molar-refractivity contribution in [1.29, 1.82) is 0 Å². The second kappa shape index (κ2) is 16.5. The van der Waals surface area contributed by atoms with Gasteiger partial charge >= 0.3 is 5.97 Å². The number of carboxylic acids is 1. The van der Waals surface area contributed by atoms with Crippen LogP contribution in [0.15, 0.2) is 0 Å². The van der Waals surface area contributed by atoms with Crippen molar-refractivity contribution in [3.8, 4) is 0 Å². The van der Waals surface area contributed by atoms with Crippen LogP contribution in [0.2, 0.25) is 0 Å². The number of aliphatic carboxylic acids is 1. The van der Waals surface area contributed by atoms with Crippen LogP contribution in [-0.4, -0.2) is 108 Å².